The predicted octanol–water partition coefficient (Wildman–Crippen LogP) is 1.09. The Kier molecular flexibility index (Phi) is 2.54. The van der Waals surface area contributed by atoms with Crippen LogP contribution in [0.4, 0.5) is 5.82 Å². The highest BCUT2D eigenvalue weighted by molar-refractivity contribution is 6.08. The molecule has 3 atom stereocenters. The molecule has 130 valence electrons. The number of fused-ring (bicyclic) bond motifs is 6. The molecule has 4 aliphatic rings. The molecular weight excluding hydrogens is 322 g/mol. The maximum Gasteiger partial charge on any atom is 0.295 e. The zero-order valence-electron chi connectivity index (χ0n) is 13.7. The van der Waals surface area contributed by atoms with E-state index < -0.39 is 5.60 Å². The van der Waals surface area contributed by atoms with Gasteiger partial charge in [0.05, 0.1) is 12.5 Å². The molecule has 3 unspecified atom stereocenters. The minimum absolute atomic E-state index is 0.0869. The SMILES string of the molecule is OC1(c2noc(C3=NNC4C5CCCCC5n5cncc5N34)n2)CC1. The average molecular weight is 341 g/mol. The van der Waals surface area contributed by atoms with Crippen molar-refractivity contribution in [3.05, 3.63) is 24.2 Å². The molecular formula is C16H19N7O2. The highest BCUT2D eigenvalue weighted by atomic mass is 16.5. The first-order chi connectivity index (χ1) is 12.2. The van der Waals surface area contributed by atoms with E-state index in [0.29, 0.717) is 42.4 Å². The second-order valence-electron chi connectivity index (χ2n) is 7.51. The number of aliphatic hydroxyl groups is 1. The molecule has 2 saturated carbocycles. The van der Waals surface area contributed by atoms with Crippen molar-refractivity contribution >= 4 is 11.7 Å². The topological polar surface area (TPSA) is 105 Å². The third-order valence-corrected chi connectivity index (χ3v) is 6.00. The lowest BCUT2D eigenvalue weighted by Crippen LogP contribution is -2.53. The number of rotatable bonds is 2. The molecule has 9 nitrogen and oxygen atoms in total. The summed E-state index contributed by atoms with van der Waals surface area (Å²) in [4.78, 5) is 10.9. The lowest BCUT2D eigenvalue weighted by Gasteiger charge is -2.45. The van der Waals surface area contributed by atoms with Crippen LogP contribution in [0.2, 0.25) is 0 Å². The van der Waals surface area contributed by atoms with Crippen molar-refractivity contribution in [3.63, 3.8) is 0 Å². The molecule has 2 aromatic rings. The normalized spacial score (nSPS) is 31.6. The van der Waals surface area contributed by atoms with Crippen LogP contribution in [0.25, 0.3) is 0 Å². The summed E-state index contributed by atoms with van der Waals surface area (Å²) in [5, 5.41) is 18.7. The molecule has 4 heterocycles. The van der Waals surface area contributed by atoms with Gasteiger partial charge in [0.1, 0.15) is 17.6 Å². The summed E-state index contributed by atoms with van der Waals surface area (Å²) in [6.45, 7) is 0. The summed E-state index contributed by atoms with van der Waals surface area (Å²) in [5.74, 6) is 2.77. The number of amidine groups is 1. The fourth-order valence-electron chi connectivity index (χ4n) is 4.50. The van der Waals surface area contributed by atoms with Gasteiger partial charge in [-0.2, -0.15) is 10.1 Å². The first-order valence-electron chi connectivity index (χ1n) is 8.96. The summed E-state index contributed by atoms with van der Waals surface area (Å²) in [6, 6.07) is 0.458. The maximum atomic E-state index is 10.2. The van der Waals surface area contributed by atoms with Crippen LogP contribution in [0.5, 0.6) is 0 Å². The third-order valence-electron chi connectivity index (χ3n) is 6.00. The number of hydrogen-bond acceptors (Lipinski definition) is 8. The Morgan fingerprint density at radius 2 is 2.16 bits per heavy atom. The van der Waals surface area contributed by atoms with Crippen LogP contribution in [0, 0.1) is 5.92 Å². The van der Waals surface area contributed by atoms with Gasteiger partial charge in [-0.15, -0.1) is 0 Å². The molecule has 0 bridgehead atoms. The van der Waals surface area contributed by atoms with Gasteiger partial charge in [-0.3, -0.25) is 10.3 Å². The van der Waals surface area contributed by atoms with Gasteiger partial charge in [0.2, 0.25) is 11.7 Å². The van der Waals surface area contributed by atoms with E-state index in [4.69, 9.17) is 4.52 Å². The largest absolute Gasteiger partial charge is 0.382 e. The van der Waals surface area contributed by atoms with E-state index in [1.807, 2.05) is 12.5 Å². The molecule has 2 aliphatic heterocycles. The number of nitrogens with zero attached hydrogens (tertiary/aromatic N) is 6. The van der Waals surface area contributed by atoms with Crippen molar-refractivity contribution in [3.8, 4) is 0 Å². The average Bonchev–Trinajstić information content (AvgIpc) is 3.12. The molecule has 2 aliphatic carbocycles. The Hall–Kier alpha value is -2.42. The summed E-state index contributed by atoms with van der Waals surface area (Å²) in [7, 11) is 0. The van der Waals surface area contributed by atoms with E-state index in [-0.39, 0.29) is 6.17 Å². The van der Waals surface area contributed by atoms with Gasteiger partial charge in [0.25, 0.3) is 5.89 Å². The van der Waals surface area contributed by atoms with Crippen LogP contribution in [-0.2, 0) is 5.60 Å². The fraction of sp³-hybridized carbons (Fsp3) is 0.625. The molecule has 0 radical (unpaired) electrons. The van der Waals surface area contributed by atoms with Gasteiger partial charge in [0, 0.05) is 12.0 Å². The standard InChI is InChI=1S/C16H19N7O2/c24-16(5-6-16)15-18-14(25-21-15)13-20-19-12-9-3-1-2-4-10(9)22-8-17-7-11(22)23(12)13/h7-10,12,19,24H,1-6H2. The predicted molar refractivity (Wildman–Crippen MR) is 86.6 cm³/mol. The molecule has 9 heteroatoms. The van der Waals surface area contributed by atoms with E-state index in [9.17, 15) is 5.11 Å². The van der Waals surface area contributed by atoms with Crippen molar-refractivity contribution in [2.24, 2.45) is 11.0 Å². The summed E-state index contributed by atoms with van der Waals surface area (Å²) < 4.78 is 7.69. The molecule has 2 fully saturated rings. The minimum Gasteiger partial charge on any atom is -0.382 e. The summed E-state index contributed by atoms with van der Waals surface area (Å²) in [6.07, 6.45) is 10.1. The molecule has 0 amide bonds. The summed E-state index contributed by atoms with van der Waals surface area (Å²) >= 11 is 0. The highest BCUT2D eigenvalue weighted by Crippen LogP contribution is 2.46. The van der Waals surface area contributed by atoms with Crippen LogP contribution in [0.15, 0.2) is 22.1 Å². The number of hydrogen-bond donors (Lipinski definition) is 2. The molecule has 0 saturated heterocycles. The zero-order valence-corrected chi connectivity index (χ0v) is 13.7. The molecule has 2 aromatic heterocycles. The van der Waals surface area contributed by atoms with Crippen molar-refractivity contribution in [1.82, 2.24) is 25.1 Å². The monoisotopic (exact) mass is 341 g/mol. The lowest BCUT2D eigenvalue weighted by atomic mass is 9.80. The van der Waals surface area contributed by atoms with Crippen molar-refractivity contribution < 1.29 is 9.63 Å². The van der Waals surface area contributed by atoms with Gasteiger partial charge in [-0.25, -0.2) is 4.98 Å². The minimum atomic E-state index is -0.911. The van der Waals surface area contributed by atoms with E-state index in [2.05, 4.69) is 35.1 Å². The van der Waals surface area contributed by atoms with E-state index in [0.717, 1.165) is 12.2 Å². The Balaban J connectivity index is 1.41. The van der Waals surface area contributed by atoms with Gasteiger partial charge in [-0.1, -0.05) is 18.0 Å². The van der Waals surface area contributed by atoms with Crippen molar-refractivity contribution in [2.45, 2.75) is 56.3 Å². The number of nitrogens with one attached hydrogen (secondary N) is 1. The Bertz CT molecular complexity index is 867. The Morgan fingerprint density at radius 3 is 3.04 bits per heavy atom. The van der Waals surface area contributed by atoms with Crippen LogP contribution in [-0.4, -0.2) is 36.8 Å². The number of hydrazone groups is 1. The molecule has 2 N–H and O–H groups in total. The zero-order chi connectivity index (χ0) is 16.6. The van der Waals surface area contributed by atoms with Crippen molar-refractivity contribution in [1.29, 1.82) is 0 Å². The quantitative estimate of drug-likeness (QED) is 0.842. The fourth-order valence-corrected chi connectivity index (χ4v) is 4.50. The van der Waals surface area contributed by atoms with Crippen LogP contribution in [0.3, 0.4) is 0 Å². The number of anilines is 1. The second-order valence-corrected chi connectivity index (χ2v) is 7.51. The maximum absolute atomic E-state index is 10.2. The van der Waals surface area contributed by atoms with E-state index in [1.165, 1.54) is 19.3 Å². The van der Waals surface area contributed by atoms with E-state index >= 15 is 0 Å². The van der Waals surface area contributed by atoms with Crippen LogP contribution < -0.4 is 10.3 Å². The molecule has 6 rings (SSSR count). The third kappa shape index (κ3) is 1.81. The number of aromatic nitrogens is 4. The summed E-state index contributed by atoms with van der Waals surface area (Å²) in [5.41, 5.74) is 2.37. The van der Waals surface area contributed by atoms with Crippen LogP contribution in [0.1, 0.15) is 56.3 Å². The van der Waals surface area contributed by atoms with Crippen molar-refractivity contribution in [2.75, 3.05) is 4.90 Å². The first kappa shape index (κ1) is 13.8. The van der Waals surface area contributed by atoms with Crippen LogP contribution >= 0.6 is 0 Å². The van der Waals surface area contributed by atoms with E-state index in [1.54, 1.807) is 0 Å². The lowest BCUT2D eigenvalue weighted by molar-refractivity contribution is 0.137. The van der Waals surface area contributed by atoms with Gasteiger partial charge >= 0.3 is 0 Å². The van der Waals surface area contributed by atoms with Gasteiger partial charge in [-0.05, 0) is 25.7 Å². The second kappa shape index (κ2) is 4.60. The Labute approximate surface area is 143 Å². The molecule has 25 heavy (non-hydrogen) atoms. The van der Waals surface area contributed by atoms with Gasteiger partial charge < -0.3 is 14.2 Å². The van der Waals surface area contributed by atoms with Gasteiger partial charge in [0.15, 0.2) is 0 Å². The molecule has 0 aromatic carbocycles. The first-order valence-corrected chi connectivity index (χ1v) is 8.96. The smallest absolute Gasteiger partial charge is 0.295 e. The Morgan fingerprint density at radius 1 is 1.28 bits per heavy atom. The number of imidazole rings is 1. The molecule has 0 spiro atoms. The highest BCUT2D eigenvalue weighted by Gasteiger charge is 2.50.